The maximum atomic E-state index is 8.73. The first-order chi connectivity index (χ1) is 4.31. The van der Waals surface area contributed by atoms with E-state index in [1.807, 2.05) is 0 Å². The van der Waals surface area contributed by atoms with Gasteiger partial charge in [0, 0.05) is 0 Å². The van der Waals surface area contributed by atoms with E-state index >= 15 is 0 Å². The molecule has 0 aromatic rings. The lowest BCUT2D eigenvalue weighted by Gasteiger charge is -1.91. The molecule has 1 aliphatic rings. The predicted octanol–water partition coefficient (Wildman–Crippen LogP) is 0.0228. The third-order valence-corrected chi connectivity index (χ3v) is 1.32. The summed E-state index contributed by atoms with van der Waals surface area (Å²) in [6, 6.07) is 0. The highest BCUT2D eigenvalue weighted by atomic mass is 16.3. The van der Waals surface area contributed by atoms with Crippen LogP contribution < -0.4 is 5.73 Å². The second-order valence-corrected chi connectivity index (χ2v) is 2.07. The first kappa shape index (κ1) is 8.43. The number of primary amides is 1. The van der Waals surface area contributed by atoms with E-state index in [0.29, 0.717) is 0 Å². The standard InChI is InChI=1S/C5H10O.CH3NO/c6-5-3-1-2-4-5;2-1-3/h5-6H,1-4H2;1H,(H2,2,3). The Bertz CT molecular complexity index is 69.5. The van der Waals surface area contributed by atoms with Crippen molar-refractivity contribution in [2.45, 2.75) is 31.8 Å². The summed E-state index contributed by atoms with van der Waals surface area (Å²) in [6.45, 7) is 0. The Kier molecular flexibility index (Phi) is 5.21. The average Bonchev–Trinajstić information content (AvgIpc) is 2.20. The monoisotopic (exact) mass is 131 g/mol. The van der Waals surface area contributed by atoms with Crippen LogP contribution in [-0.4, -0.2) is 17.6 Å². The van der Waals surface area contributed by atoms with Gasteiger partial charge < -0.3 is 10.8 Å². The van der Waals surface area contributed by atoms with Crippen LogP contribution in [0.2, 0.25) is 0 Å². The van der Waals surface area contributed by atoms with Gasteiger partial charge in [0.2, 0.25) is 6.41 Å². The van der Waals surface area contributed by atoms with Crippen molar-refractivity contribution < 1.29 is 9.90 Å². The third-order valence-electron chi connectivity index (χ3n) is 1.32. The molecule has 1 fully saturated rings. The topological polar surface area (TPSA) is 63.3 Å². The SMILES string of the molecule is NC=O.OC1CCCC1. The molecule has 0 aliphatic heterocycles. The molecule has 1 saturated carbocycles. The van der Waals surface area contributed by atoms with Crippen LogP contribution in [0.5, 0.6) is 0 Å². The van der Waals surface area contributed by atoms with E-state index in [-0.39, 0.29) is 12.5 Å². The molecular formula is C6H13NO2. The normalized spacial score (nSPS) is 18.3. The molecule has 0 atom stereocenters. The van der Waals surface area contributed by atoms with Crippen LogP contribution in [0.1, 0.15) is 25.7 Å². The fourth-order valence-electron chi connectivity index (χ4n) is 0.904. The Morgan fingerprint density at radius 2 is 1.78 bits per heavy atom. The quantitative estimate of drug-likeness (QED) is 0.455. The van der Waals surface area contributed by atoms with E-state index in [2.05, 4.69) is 5.73 Å². The van der Waals surface area contributed by atoms with Gasteiger partial charge in [0.1, 0.15) is 0 Å². The molecular weight excluding hydrogens is 118 g/mol. The van der Waals surface area contributed by atoms with E-state index in [1.165, 1.54) is 12.8 Å². The highest BCUT2D eigenvalue weighted by molar-refractivity contribution is 5.42. The fourth-order valence-corrected chi connectivity index (χ4v) is 0.904. The van der Waals surface area contributed by atoms with Gasteiger partial charge in [0.05, 0.1) is 6.10 Å². The van der Waals surface area contributed by atoms with Crippen LogP contribution in [0.3, 0.4) is 0 Å². The molecule has 3 N–H and O–H groups in total. The molecule has 0 radical (unpaired) electrons. The molecule has 3 heteroatoms. The van der Waals surface area contributed by atoms with Gasteiger partial charge in [-0.3, -0.25) is 4.79 Å². The summed E-state index contributed by atoms with van der Waals surface area (Å²) in [5.74, 6) is 0. The van der Waals surface area contributed by atoms with Crippen LogP contribution in [-0.2, 0) is 4.79 Å². The lowest BCUT2D eigenvalue weighted by atomic mass is 10.3. The van der Waals surface area contributed by atoms with Gasteiger partial charge >= 0.3 is 0 Å². The van der Waals surface area contributed by atoms with Crippen LogP contribution in [0.25, 0.3) is 0 Å². The summed E-state index contributed by atoms with van der Waals surface area (Å²) in [7, 11) is 0. The largest absolute Gasteiger partial charge is 0.393 e. The highest BCUT2D eigenvalue weighted by Gasteiger charge is 2.09. The number of hydrogen-bond donors (Lipinski definition) is 2. The van der Waals surface area contributed by atoms with Crippen molar-refractivity contribution in [2.75, 3.05) is 0 Å². The highest BCUT2D eigenvalue weighted by Crippen LogP contribution is 2.16. The molecule has 0 saturated heterocycles. The minimum atomic E-state index is 0.0463. The Morgan fingerprint density at radius 3 is 1.89 bits per heavy atom. The van der Waals surface area contributed by atoms with Gasteiger partial charge in [-0.15, -0.1) is 0 Å². The van der Waals surface area contributed by atoms with Crippen molar-refractivity contribution in [3.8, 4) is 0 Å². The number of amides is 1. The lowest BCUT2D eigenvalue weighted by Crippen LogP contribution is -1.94. The van der Waals surface area contributed by atoms with Crippen molar-refractivity contribution in [1.82, 2.24) is 0 Å². The van der Waals surface area contributed by atoms with Gasteiger partial charge in [-0.1, -0.05) is 12.8 Å². The molecule has 0 aromatic carbocycles. The molecule has 0 spiro atoms. The molecule has 3 nitrogen and oxygen atoms in total. The van der Waals surface area contributed by atoms with Gasteiger partial charge in [0.15, 0.2) is 0 Å². The molecule has 0 bridgehead atoms. The molecule has 1 amide bonds. The van der Waals surface area contributed by atoms with Crippen molar-refractivity contribution in [3.05, 3.63) is 0 Å². The van der Waals surface area contributed by atoms with Gasteiger partial charge in [-0.25, -0.2) is 0 Å². The van der Waals surface area contributed by atoms with E-state index < -0.39 is 0 Å². The minimum Gasteiger partial charge on any atom is -0.393 e. The Balaban J connectivity index is 0.000000187. The van der Waals surface area contributed by atoms with Gasteiger partial charge in [-0.05, 0) is 12.8 Å². The zero-order chi connectivity index (χ0) is 7.11. The Labute approximate surface area is 54.9 Å². The van der Waals surface area contributed by atoms with E-state index in [1.54, 1.807) is 0 Å². The first-order valence-corrected chi connectivity index (χ1v) is 3.14. The molecule has 0 aromatic heterocycles. The van der Waals surface area contributed by atoms with Crippen LogP contribution in [0, 0.1) is 0 Å². The third kappa shape index (κ3) is 5.30. The van der Waals surface area contributed by atoms with Crippen molar-refractivity contribution in [3.63, 3.8) is 0 Å². The number of aliphatic hydroxyl groups is 1. The number of rotatable bonds is 0. The van der Waals surface area contributed by atoms with Crippen molar-refractivity contribution in [1.29, 1.82) is 0 Å². The Morgan fingerprint density at radius 1 is 1.44 bits per heavy atom. The smallest absolute Gasteiger partial charge is 0.204 e. The summed E-state index contributed by atoms with van der Waals surface area (Å²) in [6.07, 6.45) is 4.85. The number of hydrogen-bond acceptors (Lipinski definition) is 2. The number of aliphatic hydroxyl groups excluding tert-OH is 1. The molecule has 0 unspecified atom stereocenters. The summed E-state index contributed by atoms with van der Waals surface area (Å²) in [5, 5.41) is 8.73. The van der Waals surface area contributed by atoms with Crippen LogP contribution >= 0.6 is 0 Å². The summed E-state index contributed by atoms with van der Waals surface area (Å²) in [4.78, 5) is 8.58. The maximum absolute atomic E-state index is 8.73. The van der Waals surface area contributed by atoms with Crippen molar-refractivity contribution >= 4 is 6.41 Å². The molecule has 1 aliphatic carbocycles. The summed E-state index contributed by atoms with van der Waals surface area (Å²) < 4.78 is 0. The minimum absolute atomic E-state index is 0.0463. The maximum Gasteiger partial charge on any atom is 0.204 e. The number of carbonyl (C=O) groups excluding carboxylic acids is 1. The molecule has 1 rings (SSSR count). The first-order valence-electron chi connectivity index (χ1n) is 3.14. The molecule has 0 heterocycles. The van der Waals surface area contributed by atoms with Crippen LogP contribution in [0.15, 0.2) is 0 Å². The number of nitrogens with two attached hydrogens (primary N) is 1. The molecule has 54 valence electrons. The molecule has 9 heavy (non-hydrogen) atoms. The predicted molar refractivity (Wildman–Crippen MR) is 34.7 cm³/mol. The number of carbonyl (C=O) groups is 1. The zero-order valence-electron chi connectivity index (χ0n) is 5.42. The van der Waals surface area contributed by atoms with E-state index in [0.717, 1.165) is 12.8 Å². The van der Waals surface area contributed by atoms with Crippen LogP contribution in [0.4, 0.5) is 0 Å². The van der Waals surface area contributed by atoms with Crippen molar-refractivity contribution in [2.24, 2.45) is 5.73 Å². The van der Waals surface area contributed by atoms with E-state index in [9.17, 15) is 0 Å². The summed E-state index contributed by atoms with van der Waals surface area (Å²) in [5.41, 5.74) is 4.17. The second-order valence-electron chi connectivity index (χ2n) is 2.07. The zero-order valence-corrected chi connectivity index (χ0v) is 5.42. The van der Waals surface area contributed by atoms with Gasteiger partial charge in [0.25, 0.3) is 0 Å². The van der Waals surface area contributed by atoms with Gasteiger partial charge in [-0.2, -0.15) is 0 Å². The second kappa shape index (κ2) is 5.56. The summed E-state index contributed by atoms with van der Waals surface area (Å²) >= 11 is 0. The Hall–Kier alpha value is -0.570. The average molecular weight is 131 g/mol. The van der Waals surface area contributed by atoms with E-state index in [4.69, 9.17) is 9.90 Å². The fraction of sp³-hybridized carbons (Fsp3) is 0.833. The lowest BCUT2D eigenvalue weighted by molar-refractivity contribution is -0.106.